The molecule has 2 aliphatic heterocycles. The Morgan fingerprint density at radius 3 is 1.67 bits per heavy atom. The number of fused-ring (bicyclic) bond motifs is 1. The predicted octanol–water partition coefficient (Wildman–Crippen LogP) is 19.9. The second kappa shape index (κ2) is 51.8. The molecule has 8 aromatic rings. The smallest absolute Gasteiger partial charge is 0.299 e. The number of hydrogen-bond donors (Lipinski definition) is 9. The number of aromatic nitrogens is 3. The molecule has 11 N–H and O–H groups in total. The minimum absolute atomic E-state index is 0.00587. The van der Waals surface area contributed by atoms with Crippen LogP contribution in [0.15, 0.2) is 150 Å². The molecule has 0 aliphatic carbocycles. The van der Waals surface area contributed by atoms with Gasteiger partial charge < -0.3 is 34.9 Å². The first-order chi connectivity index (χ1) is 63.3. The Balaban J connectivity index is 0.000000318. The Kier molecular flexibility index (Phi) is 42.0. The van der Waals surface area contributed by atoms with Gasteiger partial charge in [-0.1, -0.05) is 225 Å². The zero-order chi connectivity index (χ0) is 96.6. The third-order valence-corrected chi connectivity index (χ3v) is 27.8. The summed E-state index contributed by atoms with van der Waals surface area (Å²) in [5, 5.41) is 29.9. The Morgan fingerprint density at radius 2 is 1.08 bits per heavy atom. The lowest BCUT2D eigenvalue weighted by atomic mass is 10.0. The van der Waals surface area contributed by atoms with Crippen LogP contribution in [-0.4, -0.2) is 148 Å². The van der Waals surface area contributed by atoms with E-state index in [-0.39, 0.29) is 161 Å². The summed E-state index contributed by atoms with van der Waals surface area (Å²) in [6.07, 6.45) is 25.9. The standard InChI is InChI=1S/C51H68ClN9O13S4.C38H46Cl5N7O4S/c1-5-8-10-12-14-16-18-36-19-26-43(73-30-17-15-13-11-9-6-2)46(32-36)77(66,67)60-42-34-47(44(35-45(42)78(68,69)70)74-39-23-21-38(71-4)22-24-39)76(64,65)55-28-27-48-57-50-49(51(72-7-3)59-61(50)58-48)56-41-25-20-37(33-40(41)52)54-29-31-75(53,62)63;1-3-4-5-6-7-8-9-10-11-12-13-14-34(51)46-26-15-16-31(27(40)22-26)48-37-35(38(52)50(49-37)36-29(42)20-25(39)21-30(36)43)47-33-19-24(2)32(23-28(33)41)45-17-18-55(44,53)54/h19-26,32-35,54-55,60H,5-18,27-31H2,1-4H3,(H2,53,62,63)(H,68,69,70);15-16,19-23,45H,3-14,17-18H2,1-2H3,(H,46,51)(H,48,49)(H2,44,53,54). The highest BCUT2D eigenvalue weighted by molar-refractivity contribution is 7.93. The molecular formula is C89H114Cl6N16O17S5. The number of carbonyl (C=O) groups is 2. The fourth-order valence-electron chi connectivity index (χ4n) is 13.9. The normalized spacial score (nSPS) is 13.8. The van der Waals surface area contributed by atoms with Crippen LogP contribution in [0, 0.1) is 6.92 Å². The maximum Gasteiger partial charge on any atom is 0.299 e. The minimum Gasteiger partial charge on any atom is -0.497 e. The van der Waals surface area contributed by atoms with Gasteiger partial charge in [0.1, 0.15) is 43.4 Å². The second-order valence-electron chi connectivity index (χ2n) is 31.5. The van der Waals surface area contributed by atoms with Crippen molar-refractivity contribution in [1.82, 2.24) is 25.0 Å². The van der Waals surface area contributed by atoms with Gasteiger partial charge in [0, 0.05) is 60.6 Å². The van der Waals surface area contributed by atoms with Crippen molar-refractivity contribution in [3.63, 3.8) is 0 Å². The molecule has 724 valence electrons. The van der Waals surface area contributed by atoms with E-state index in [0.29, 0.717) is 53.2 Å². The predicted molar refractivity (Wildman–Crippen MR) is 530 cm³/mol. The topological polar surface area (TPSA) is 470 Å². The number of nitrogens with zero attached hydrogens (tertiary/aromatic N) is 8. The van der Waals surface area contributed by atoms with Gasteiger partial charge in [0.25, 0.3) is 31.9 Å². The number of unbranched alkanes of at least 4 members (excludes halogenated alkanes) is 20. The zero-order valence-corrected chi connectivity index (χ0v) is 83.4. The zero-order valence-electron chi connectivity index (χ0n) is 74.8. The number of hydrazine groups is 1. The van der Waals surface area contributed by atoms with Crippen molar-refractivity contribution in [2.45, 2.75) is 216 Å². The van der Waals surface area contributed by atoms with E-state index in [2.05, 4.69) is 81.8 Å². The molecule has 1 aromatic heterocycles. The summed E-state index contributed by atoms with van der Waals surface area (Å²) < 4.78 is 168. The summed E-state index contributed by atoms with van der Waals surface area (Å²) in [6.45, 7) is 10.1. The highest BCUT2D eigenvalue weighted by Crippen LogP contribution is 2.42. The first-order valence-corrected chi connectivity index (χ1v) is 54.1. The molecule has 0 bridgehead atoms. The number of carbonyl (C=O) groups excluding carboxylic acids is 2. The molecule has 2 amide bonds. The van der Waals surface area contributed by atoms with Gasteiger partial charge in [-0.15, -0.1) is 15.0 Å². The number of halogens is 6. The van der Waals surface area contributed by atoms with E-state index in [9.17, 15) is 56.2 Å². The number of anilines is 5. The van der Waals surface area contributed by atoms with Gasteiger partial charge in [0.15, 0.2) is 23.1 Å². The summed E-state index contributed by atoms with van der Waals surface area (Å²) in [5.41, 5.74) is 5.99. The molecular weight excluding hydrogens is 1940 g/mol. The van der Waals surface area contributed by atoms with Crippen molar-refractivity contribution in [3.8, 4) is 23.0 Å². The molecule has 1 saturated heterocycles. The van der Waals surface area contributed by atoms with Crippen LogP contribution in [0.5, 0.6) is 23.0 Å². The number of aryl methyl sites for hydroxylation is 2. The number of ether oxygens (including phenoxy) is 4. The van der Waals surface area contributed by atoms with Gasteiger partial charge >= 0.3 is 0 Å². The number of hydrogen-bond acceptors (Lipinski definition) is 24. The number of nitrogens with two attached hydrogens (primary N) is 2. The van der Waals surface area contributed by atoms with Gasteiger partial charge in [-0.2, -0.15) is 8.42 Å². The first kappa shape index (κ1) is 108. The van der Waals surface area contributed by atoms with E-state index in [4.69, 9.17) is 98.8 Å². The van der Waals surface area contributed by atoms with Crippen LogP contribution in [0.1, 0.15) is 205 Å². The Labute approximate surface area is 809 Å². The minimum atomic E-state index is -5.29. The molecule has 7 aromatic carbocycles. The summed E-state index contributed by atoms with van der Waals surface area (Å²) in [6, 6.07) is 27.9. The van der Waals surface area contributed by atoms with Crippen LogP contribution in [0.25, 0.3) is 0 Å². The van der Waals surface area contributed by atoms with Crippen LogP contribution in [0.2, 0.25) is 30.1 Å². The lowest BCUT2D eigenvalue weighted by molar-refractivity contribution is -0.116. The van der Waals surface area contributed by atoms with E-state index >= 15 is 0 Å². The van der Waals surface area contributed by atoms with Gasteiger partial charge in [-0.3, -0.25) is 24.3 Å². The fraction of sp³-hybridized carbons (Fsp3) is 0.438. The van der Waals surface area contributed by atoms with Crippen LogP contribution >= 0.6 is 69.6 Å². The number of amides is 2. The highest BCUT2D eigenvalue weighted by Gasteiger charge is 2.39. The molecule has 0 saturated carbocycles. The number of aliphatic imine (C=N–C) groups is 3. The Morgan fingerprint density at radius 1 is 0.526 bits per heavy atom. The van der Waals surface area contributed by atoms with E-state index in [0.717, 1.165) is 112 Å². The maximum absolute atomic E-state index is 14.6. The average Bonchev–Trinajstić information content (AvgIpc) is 1.70. The number of benzene rings is 7. The van der Waals surface area contributed by atoms with E-state index in [1.807, 2.05) is 0 Å². The van der Waals surface area contributed by atoms with Gasteiger partial charge in [0.05, 0.1) is 79.7 Å². The quantitative estimate of drug-likeness (QED) is 0.0126. The molecule has 2 aliphatic rings. The van der Waals surface area contributed by atoms with Crippen molar-refractivity contribution in [3.05, 3.63) is 168 Å². The third-order valence-electron chi connectivity index (χ3n) is 20.8. The van der Waals surface area contributed by atoms with Gasteiger partial charge in [-0.25, -0.2) is 73.6 Å². The Bertz CT molecular complexity index is 6100. The molecule has 10 rings (SSSR count). The van der Waals surface area contributed by atoms with E-state index < -0.39 is 77.3 Å². The number of nitrogens with one attached hydrogen (secondary N) is 6. The number of primary sulfonamides is 2. The monoisotopic (exact) mass is 2050 g/mol. The Hall–Kier alpha value is -8.97. The third kappa shape index (κ3) is 33.8. The van der Waals surface area contributed by atoms with Crippen molar-refractivity contribution in [1.29, 1.82) is 0 Å². The van der Waals surface area contributed by atoms with Crippen molar-refractivity contribution >= 4 is 200 Å². The van der Waals surface area contributed by atoms with Crippen LogP contribution in [0.4, 0.5) is 45.5 Å². The largest absolute Gasteiger partial charge is 0.497 e. The molecule has 44 heteroatoms. The number of sulfonamides is 4. The molecule has 1 fully saturated rings. The molecule has 0 radical (unpaired) electrons. The second-order valence-corrected chi connectivity index (χ2v) is 42.2. The summed E-state index contributed by atoms with van der Waals surface area (Å²) in [7, 11) is -20.8. The van der Waals surface area contributed by atoms with Crippen molar-refractivity contribution in [2.24, 2.45) is 30.4 Å². The number of amidine groups is 1. The maximum atomic E-state index is 14.6. The van der Waals surface area contributed by atoms with Crippen LogP contribution < -0.4 is 60.3 Å². The van der Waals surface area contributed by atoms with E-state index in [1.54, 1.807) is 74.5 Å². The van der Waals surface area contributed by atoms with Crippen molar-refractivity contribution in [2.75, 3.05) is 77.1 Å². The van der Waals surface area contributed by atoms with Crippen LogP contribution in [0.3, 0.4) is 0 Å². The molecule has 0 atom stereocenters. The van der Waals surface area contributed by atoms with Crippen molar-refractivity contribution < 1.29 is 75.2 Å². The van der Waals surface area contributed by atoms with Gasteiger partial charge in [-0.05, 0) is 154 Å². The van der Waals surface area contributed by atoms with E-state index in [1.165, 1.54) is 101 Å². The molecule has 33 nitrogen and oxygen atoms in total. The molecule has 133 heavy (non-hydrogen) atoms. The number of rotatable bonds is 53. The lowest BCUT2D eigenvalue weighted by Crippen LogP contribution is -2.36. The SMILES string of the molecule is CCCCCCCCCCCCCC(=O)Nc1ccc(N=C2NN(c3c(Cl)cc(Cl)cc3Cl)C(=O)C2=Nc2cc(C)c(NCCS(N)(=O)=O)cc2Cl)c(Cl)c1.CCCCCCCCOc1ccc(CCCCCCCC)cc1S(=O)(=O)Nc1cc(S(=O)(=O)NCCc2nc3n(n2)N=C(OCC)C3=Nc2ccc(NCCS(N)(=O)=O)cc2Cl)c(Oc2ccc(OC)cc2)cc1S(=O)(=O)O. The summed E-state index contributed by atoms with van der Waals surface area (Å²) in [5.74, 6) is -1.13. The average molecular weight is 2050 g/mol. The molecule has 0 spiro atoms. The number of methoxy groups -OCH3 is 1. The molecule has 0 unspecified atom stereocenters. The lowest BCUT2D eigenvalue weighted by Gasteiger charge is -2.19. The highest BCUT2D eigenvalue weighted by atomic mass is 35.5. The molecule has 3 heterocycles. The van der Waals surface area contributed by atoms with Gasteiger partial charge in [0.2, 0.25) is 41.8 Å². The fourth-order valence-corrected chi connectivity index (χ4v) is 19.5. The van der Waals surface area contributed by atoms with Crippen LogP contribution in [-0.2, 0) is 77.4 Å². The first-order valence-electron chi connectivity index (χ1n) is 43.9. The summed E-state index contributed by atoms with van der Waals surface area (Å²) in [4.78, 5) is 44.2. The summed E-state index contributed by atoms with van der Waals surface area (Å²) >= 11 is 38.9.